The van der Waals surface area contributed by atoms with Crippen molar-refractivity contribution in [2.24, 2.45) is 0 Å². The van der Waals surface area contributed by atoms with Gasteiger partial charge in [-0.2, -0.15) is 4.98 Å². The Hall–Kier alpha value is -2.29. The van der Waals surface area contributed by atoms with Crippen LogP contribution in [0.25, 0.3) is 23.1 Å². The number of hydrogen-bond donors (Lipinski definition) is 1. The molecule has 0 spiro atoms. The molecule has 1 aliphatic rings. The van der Waals surface area contributed by atoms with Gasteiger partial charge in [0.25, 0.3) is 5.89 Å². The summed E-state index contributed by atoms with van der Waals surface area (Å²) in [5.41, 5.74) is 2.15. The van der Waals surface area contributed by atoms with Crippen molar-refractivity contribution in [2.75, 3.05) is 27.2 Å². The van der Waals surface area contributed by atoms with E-state index < -0.39 is 0 Å². The van der Waals surface area contributed by atoms with Crippen molar-refractivity contribution in [3.05, 3.63) is 36.2 Å². The first-order valence-corrected chi connectivity index (χ1v) is 8.89. The molecular weight excluding hydrogens is 366 g/mol. The average molecular weight is 390 g/mol. The Kier molecular flexibility index (Phi) is 6.20. The molecule has 144 valence electrons. The molecule has 0 radical (unpaired) electrons. The first kappa shape index (κ1) is 19.5. The fourth-order valence-corrected chi connectivity index (χ4v) is 3.16. The number of rotatable bonds is 5. The van der Waals surface area contributed by atoms with E-state index in [0.29, 0.717) is 23.6 Å². The van der Waals surface area contributed by atoms with Crippen molar-refractivity contribution in [1.29, 1.82) is 0 Å². The van der Waals surface area contributed by atoms with Crippen LogP contribution < -0.4 is 5.32 Å². The number of aromatic nitrogens is 5. The van der Waals surface area contributed by atoms with Gasteiger partial charge in [0.2, 0.25) is 11.6 Å². The van der Waals surface area contributed by atoms with Crippen molar-refractivity contribution in [1.82, 2.24) is 35.1 Å². The van der Waals surface area contributed by atoms with E-state index in [1.807, 2.05) is 16.8 Å². The summed E-state index contributed by atoms with van der Waals surface area (Å²) < 4.78 is 7.27. The van der Waals surface area contributed by atoms with Gasteiger partial charge in [-0.3, -0.25) is 0 Å². The van der Waals surface area contributed by atoms with Crippen LogP contribution in [0.2, 0.25) is 0 Å². The maximum atomic E-state index is 5.38. The smallest absolute Gasteiger partial charge is 0.297 e. The Labute approximate surface area is 164 Å². The summed E-state index contributed by atoms with van der Waals surface area (Å²) in [7, 11) is 4.10. The molecule has 0 bridgehead atoms. The molecule has 9 heteroatoms. The monoisotopic (exact) mass is 389 g/mol. The summed E-state index contributed by atoms with van der Waals surface area (Å²) in [4.78, 5) is 10.9. The third kappa shape index (κ3) is 4.52. The van der Waals surface area contributed by atoms with Crippen LogP contribution >= 0.6 is 12.4 Å². The molecule has 27 heavy (non-hydrogen) atoms. The zero-order chi connectivity index (χ0) is 17.9. The molecule has 3 aromatic rings. The molecule has 1 fully saturated rings. The largest absolute Gasteiger partial charge is 0.330 e. The van der Waals surface area contributed by atoms with Crippen LogP contribution in [-0.4, -0.2) is 57.0 Å². The number of piperidine rings is 1. The van der Waals surface area contributed by atoms with Crippen LogP contribution in [0.15, 0.2) is 35.1 Å². The first-order valence-electron chi connectivity index (χ1n) is 8.89. The second-order valence-electron chi connectivity index (χ2n) is 6.91. The molecule has 4 rings (SSSR count). The van der Waals surface area contributed by atoms with E-state index in [1.165, 1.54) is 5.56 Å². The zero-order valence-electron chi connectivity index (χ0n) is 15.5. The van der Waals surface area contributed by atoms with Crippen molar-refractivity contribution in [2.45, 2.75) is 25.4 Å². The lowest BCUT2D eigenvalue weighted by Gasteiger charge is -2.22. The molecule has 1 saturated heterocycles. The molecule has 0 amide bonds. The predicted octanol–water partition coefficient (Wildman–Crippen LogP) is 2.40. The summed E-state index contributed by atoms with van der Waals surface area (Å²) in [5, 5.41) is 12.0. The molecule has 2 aromatic heterocycles. The molecule has 0 saturated carbocycles. The third-order valence-corrected chi connectivity index (χ3v) is 4.48. The van der Waals surface area contributed by atoms with E-state index in [9.17, 15) is 0 Å². The Bertz CT molecular complexity index is 853. The lowest BCUT2D eigenvalue weighted by atomic mass is 10.1. The van der Waals surface area contributed by atoms with Crippen LogP contribution in [-0.2, 0) is 6.54 Å². The number of nitrogens with one attached hydrogen (secondary N) is 1. The summed E-state index contributed by atoms with van der Waals surface area (Å²) in [6, 6.07) is 8.50. The van der Waals surface area contributed by atoms with E-state index in [2.05, 4.69) is 56.7 Å². The number of nitrogens with zero attached hydrogens (tertiary/aromatic N) is 6. The SMILES string of the molecule is CN(C)Cc1ccc(-c2noc(-c3ncn(C4CCCNC4)n3)n2)cc1.Cl. The van der Waals surface area contributed by atoms with Crippen molar-refractivity contribution in [3.63, 3.8) is 0 Å². The van der Waals surface area contributed by atoms with Gasteiger partial charge in [0, 0.05) is 18.7 Å². The fraction of sp³-hybridized carbons (Fsp3) is 0.444. The lowest BCUT2D eigenvalue weighted by Crippen LogP contribution is -2.31. The highest BCUT2D eigenvalue weighted by Crippen LogP contribution is 2.22. The van der Waals surface area contributed by atoms with Gasteiger partial charge in [-0.05, 0) is 39.0 Å². The predicted molar refractivity (Wildman–Crippen MR) is 105 cm³/mol. The minimum Gasteiger partial charge on any atom is -0.330 e. The van der Waals surface area contributed by atoms with Gasteiger partial charge < -0.3 is 14.7 Å². The standard InChI is InChI=1S/C18H23N7O.ClH/c1-24(2)11-13-5-7-14(8-6-13)16-21-18(26-23-16)17-20-12-25(22-17)15-4-3-9-19-10-15;/h5-8,12,15,19H,3-4,9-11H2,1-2H3;1H. The van der Waals surface area contributed by atoms with Crippen LogP contribution in [0.1, 0.15) is 24.4 Å². The number of hydrogen-bond acceptors (Lipinski definition) is 7. The van der Waals surface area contributed by atoms with E-state index in [4.69, 9.17) is 4.52 Å². The van der Waals surface area contributed by atoms with Crippen LogP contribution in [0.5, 0.6) is 0 Å². The Morgan fingerprint density at radius 1 is 1.22 bits per heavy atom. The highest BCUT2D eigenvalue weighted by molar-refractivity contribution is 5.85. The van der Waals surface area contributed by atoms with Crippen molar-refractivity contribution in [3.8, 4) is 23.1 Å². The third-order valence-electron chi connectivity index (χ3n) is 4.48. The summed E-state index contributed by atoms with van der Waals surface area (Å²) in [6.07, 6.45) is 3.99. The van der Waals surface area contributed by atoms with E-state index in [1.54, 1.807) is 6.33 Å². The van der Waals surface area contributed by atoms with Gasteiger partial charge in [0.05, 0.1) is 6.04 Å². The van der Waals surface area contributed by atoms with Gasteiger partial charge in [0.15, 0.2) is 0 Å². The quantitative estimate of drug-likeness (QED) is 0.717. The van der Waals surface area contributed by atoms with Gasteiger partial charge in [-0.1, -0.05) is 29.4 Å². The maximum Gasteiger partial charge on any atom is 0.297 e. The van der Waals surface area contributed by atoms with Crippen molar-refractivity contribution >= 4 is 12.4 Å². The molecule has 1 aliphatic heterocycles. The first-order chi connectivity index (χ1) is 12.7. The fourth-order valence-electron chi connectivity index (χ4n) is 3.16. The summed E-state index contributed by atoms with van der Waals surface area (Å²) in [5.74, 6) is 1.37. The van der Waals surface area contributed by atoms with Crippen LogP contribution in [0.3, 0.4) is 0 Å². The zero-order valence-corrected chi connectivity index (χ0v) is 16.3. The highest BCUT2D eigenvalue weighted by atomic mass is 35.5. The van der Waals surface area contributed by atoms with Crippen LogP contribution in [0.4, 0.5) is 0 Å². The maximum absolute atomic E-state index is 5.38. The van der Waals surface area contributed by atoms with E-state index in [-0.39, 0.29) is 12.4 Å². The average Bonchev–Trinajstić information content (AvgIpc) is 3.32. The van der Waals surface area contributed by atoms with Gasteiger partial charge in [-0.15, -0.1) is 17.5 Å². The lowest BCUT2D eigenvalue weighted by molar-refractivity contribution is 0.345. The van der Waals surface area contributed by atoms with E-state index >= 15 is 0 Å². The molecule has 1 atom stereocenters. The van der Waals surface area contributed by atoms with Crippen LogP contribution in [0, 0.1) is 0 Å². The number of halogens is 1. The topological polar surface area (TPSA) is 84.9 Å². The minimum absolute atomic E-state index is 0. The van der Waals surface area contributed by atoms with Crippen molar-refractivity contribution < 1.29 is 4.52 Å². The summed E-state index contributed by atoms with van der Waals surface area (Å²) in [6.45, 7) is 2.88. The molecular formula is C18H24ClN7O. The molecule has 3 heterocycles. The second kappa shape index (κ2) is 8.60. The Morgan fingerprint density at radius 3 is 2.74 bits per heavy atom. The normalized spacial score (nSPS) is 17.1. The Balaban J connectivity index is 0.00000210. The van der Waals surface area contributed by atoms with Gasteiger partial charge >= 0.3 is 0 Å². The second-order valence-corrected chi connectivity index (χ2v) is 6.91. The van der Waals surface area contributed by atoms with Gasteiger partial charge in [0.1, 0.15) is 6.33 Å². The highest BCUT2D eigenvalue weighted by Gasteiger charge is 2.19. The summed E-state index contributed by atoms with van der Waals surface area (Å²) >= 11 is 0. The Morgan fingerprint density at radius 2 is 2.04 bits per heavy atom. The van der Waals surface area contributed by atoms with Gasteiger partial charge in [-0.25, -0.2) is 9.67 Å². The molecule has 8 nitrogen and oxygen atoms in total. The van der Waals surface area contributed by atoms with E-state index in [0.717, 1.165) is 38.0 Å². The molecule has 1 unspecified atom stereocenters. The molecule has 1 N–H and O–H groups in total. The number of benzene rings is 1. The molecule has 0 aliphatic carbocycles. The molecule has 1 aromatic carbocycles. The minimum atomic E-state index is 0.